The van der Waals surface area contributed by atoms with Crippen molar-refractivity contribution in [3.05, 3.63) is 48.5 Å². The van der Waals surface area contributed by atoms with Crippen LogP contribution >= 0.6 is 12.4 Å². The first-order chi connectivity index (χ1) is 9.38. The molecule has 20 heavy (non-hydrogen) atoms. The van der Waals surface area contributed by atoms with Crippen LogP contribution in [-0.2, 0) is 6.54 Å². The molecule has 2 aromatic heterocycles. The van der Waals surface area contributed by atoms with Gasteiger partial charge in [-0.3, -0.25) is 0 Å². The molecule has 0 amide bonds. The highest BCUT2D eigenvalue weighted by atomic mass is 35.5. The highest BCUT2D eigenvalue weighted by molar-refractivity contribution is 5.85. The van der Waals surface area contributed by atoms with E-state index < -0.39 is 0 Å². The Morgan fingerprint density at radius 2 is 1.90 bits per heavy atom. The van der Waals surface area contributed by atoms with Gasteiger partial charge in [-0.25, -0.2) is 15.0 Å². The fraction of sp³-hybridized carbons (Fsp3) is 0.214. The van der Waals surface area contributed by atoms with Gasteiger partial charge in [-0.2, -0.15) is 0 Å². The van der Waals surface area contributed by atoms with Crippen molar-refractivity contribution >= 4 is 29.4 Å². The number of rotatable bonds is 4. The summed E-state index contributed by atoms with van der Waals surface area (Å²) in [6, 6.07) is 10.3. The zero-order chi connectivity index (χ0) is 13.1. The van der Waals surface area contributed by atoms with Crippen LogP contribution in [0.4, 0.5) is 5.82 Å². The summed E-state index contributed by atoms with van der Waals surface area (Å²) >= 11 is 0. The number of halogens is 1. The van der Waals surface area contributed by atoms with Crippen LogP contribution in [0.25, 0.3) is 11.2 Å². The molecule has 2 heterocycles. The van der Waals surface area contributed by atoms with Crippen molar-refractivity contribution in [2.45, 2.75) is 13.5 Å². The quantitative estimate of drug-likeness (QED) is 0.802. The number of hydrogen-bond donors (Lipinski definition) is 1. The molecule has 0 aliphatic carbocycles. The number of nitrogens with zero attached hydrogens (tertiary/aromatic N) is 4. The van der Waals surface area contributed by atoms with Crippen LogP contribution in [-0.4, -0.2) is 26.1 Å². The molecule has 0 fully saturated rings. The lowest BCUT2D eigenvalue weighted by Crippen LogP contribution is -2.02. The molecule has 5 nitrogen and oxygen atoms in total. The zero-order valence-corrected chi connectivity index (χ0v) is 12.0. The largest absolute Gasteiger partial charge is 0.368 e. The predicted molar refractivity (Wildman–Crippen MR) is 82.3 cm³/mol. The van der Waals surface area contributed by atoms with Gasteiger partial charge >= 0.3 is 0 Å². The molecule has 0 spiro atoms. The summed E-state index contributed by atoms with van der Waals surface area (Å²) in [6.45, 7) is 3.62. The van der Waals surface area contributed by atoms with Gasteiger partial charge in [-0.1, -0.05) is 30.3 Å². The molecule has 0 aliphatic heterocycles. The Bertz CT molecular complexity index is 680. The number of imidazole rings is 1. The van der Waals surface area contributed by atoms with Crippen LogP contribution in [0.3, 0.4) is 0 Å². The van der Waals surface area contributed by atoms with Gasteiger partial charge in [0.05, 0.1) is 12.9 Å². The van der Waals surface area contributed by atoms with Gasteiger partial charge in [0.1, 0.15) is 11.8 Å². The van der Waals surface area contributed by atoms with Crippen molar-refractivity contribution in [1.29, 1.82) is 0 Å². The van der Waals surface area contributed by atoms with Crippen molar-refractivity contribution in [1.82, 2.24) is 19.5 Å². The molecule has 0 atom stereocenters. The molecular formula is C14H16ClN5. The average molecular weight is 290 g/mol. The van der Waals surface area contributed by atoms with Gasteiger partial charge in [0.2, 0.25) is 0 Å². The SMILES string of the molecule is CCNc1ncnc2c1ncn2Cc1ccccc1.Cl. The van der Waals surface area contributed by atoms with Crippen LogP contribution in [0.2, 0.25) is 0 Å². The van der Waals surface area contributed by atoms with Crippen molar-refractivity contribution < 1.29 is 0 Å². The molecule has 0 saturated carbocycles. The van der Waals surface area contributed by atoms with Gasteiger partial charge < -0.3 is 9.88 Å². The summed E-state index contributed by atoms with van der Waals surface area (Å²) in [5, 5.41) is 3.20. The van der Waals surface area contributed by atoms with E-state index in [-0.39, 0.29) is 12.4 Å². The summed E-state index contributed by atoms with van der Waals surface area (Å²) in [5.74, 6) is 0.791. The Labute approximate surface area is 123 Å². The van der Waals surface area contributed by atoms with E-state index in [1.807, 2.05) is 36.0 Å². The summed E-state index contributed by atoms with van der Waals surface area (Å²) in [5.41, 5.74) is 2.90. The second-order valence-corrected chi connectivity index (χ2v) is 4.28. The molecule has 0 saturated heterocycles. The molecule has 1 aromatic carbocycles. The Hall–Kier alpha value is -2.14. The van der Waals surface area contributed by atoms with Gasteiger partial charge in [-0.05, 0) is 12.5 Å². The van der Waals surface area contributed by atoms with Gasteiger partial charge in [-0.15, -0.1) is 12.4 Å². The van der Waals surface area contributed by atoms with Gasteiger partial charge in [0.15, 0.2) is 11.5 Å². The van der Waals surface area contributed by atoms with Gasteiger partial charge in [0.25, 0.3) is 0 Å². The molecule has 0 bridgehead atoms. The fourth-order valence-electron chi connectivity index (χ4n) is 2.07. The molecule has 0 unspecified atom stereocenters. The summed E-state index contributed by atoms with van der Waals surface area (Å²) in [4.78, 5) is 13.0. The third-order valence-electron chi connectivity index (χ3n) is 2.94. The Balaban J connectivity index is 0.00000147. The number of fused-ring (bicyclic) bond motifs is 1. The maximum Gasteiger partial charge on any atom is 0.165 e. The standard InChI is InChI=1S/C14H15N5.ClH/c1-2-15-13-12-14(17-9-16-13)19(10-18-12)8-11-6-4-3-5-7-11;/h3-7,9-10H,2,8H2,1H3,(H,15,16,17);1H. The zero-order valence-electron chi connectivity index (χ0n) is 11.2. The van der Waals surface area contributed by atoms with E-state index in [2.05, 4.69) is 32.4 Å². The van der Waals surface area contributed by atoms with Crippen LogP contribution in [0.15, 0.2) is 43.0 Å². The van der Waals surface area contributed by atoms with E-state index in [1.54, 1.807) is 6.33 Å². The van der Waals surface area contributed by atoms with Crippen LogP contribution < -0.4 is 5.32 Å². The molecule has 0 aliphatic rings. The molecule has 104 valence electrons. The first-order valence-electron chi connectivity index (χ1n) is 6.32. The van der Waals surface area contributed by atoms with Gasteiger partial charge in [0, 0.05) is 6.54 Å². The van der Waals surface area contributed by atoms with E-state index in [0.717, 1.165) is 30.1 Å². The number of nitrogens with one attached hydrogen (secondary N) is 1. The Morgan fingerprint density at radius 1 is 1.10 bits per heavy atom. The first-order valence-corrected chi connectivity index (χ1v) is 6.32. The maximum atomic E-state index is 4.41. The van der Waals surface area contributed by atoms with E-state index in [0.29, 0.717) is 0 Å². The lowest BCUT2D eigenvalue weighted by molar-refractivity contribution is 0.813. The smallest absolute Gasteiger partial charge is 0.165 e. The maximum absolute atomic E-state index is 4.41. The van der Waals surface area contributed by atoms with Crippen molar-refractivity contribution in [3.63, 3.8) is 0 Å². The third-order valence-corrected chi connectivity index (χ3v) is 2.94. The molecule has 0 radical (unpaired) electrons. The minimum absolute atomic E-state index is 0. The predicted octanol–water partition coefficient (Wildman–Crippen LogP) is 2.73. The van der Waals surface area contributed by atoms with E-state index in [1.165, 1.54) is 5.56 Å². The summed E-state index contributed by atoms with van der Waals surface area (Å²) in [7, 11) is 0. The summed E-state index contributed by atoms with van der Waals surface area (Å²) < 4.78 is 2.03. The lowest BCUT2D eigenvalue weighted by Gasteiger charge is -2.05. The van der Waals surface area contributed by atoms with Crippen LogP contribution in [0.5, 0.6) is 0 Å². The molecule has 3 aromatic rings. The monoisotopic (exact) mass is 289 g/mol. The van der Waals surface area contributed by atoms with Crippen molar-refractivity contribution in [3.8, 4) is 0 Å². The summed E-state index contributed by atoms with van der Waals surface area (Å²) in [6.07, 6.45) is 3.39. The average Bonchev–Trinajstić information content (AvgIpc) is 2.85. The second-order valence-electron chi connectivity index (χ2n) is 4.28. The van der Waals surface area contributed by atoms with Crippen molar-refractivity contribution in [2.24, 2.45) is 0 Å². The molecular weight excluding hydrogens is 274 g/mol. The highest BCUT2D eigenvalue weighted by Crippen LogP contribution is 2.18. The van der Waals surface area contributed by atoms with E-state index in [4.69, 9.17) is 0 Å². The fourth-order valence-corrected chi connectivity index (χ4v) is 2.07. The second kappa shape index (κ2) is 6.34. The number of benzene rings is 1. The lowest BCUT2D eigenvalue weighted by atomic mass is 10.2. The number of aromatic nitrogens is 4. The molecule has 1 N–H and O–H groups in total. The third kappa shape index (κ3) is 2.72. The topological polar surface area (TPSA) is 55.6 Å². The minimum Gasteiger partial charge on any atom is -0.368 e. The Morgan fingerprint density at radius 3 is 2.65 bits per heavy atom. The van der Waals surface area contributed by atoms with E-state index in [9.17, 15) is 0 Å². The van der Waals surface area contributed by atoms with Crippen molar-refractivity contribution in [2.75, 3.05) is 11.9 Å². The van der Waals surface area contributed by atoms with Crippen LogP contribution in [0.1, 0.15) is 12.5 Å². The normalized spacial score (nSPS) is 10.2. The Kier molecular flexibility index (Phi) is 4.53. The molecule has 6 heteroatoms. The van der Waals surface area contributed by atoms with E-state index >= 15 is 0 Å². The molecule has 3 rings (SSSR count). The highest BCUT2D eigenvalue weighted by Gasteiger charge is 2.09. The number of anilines is 1. The number of hydrogen-bond acceptors (Lipinski definition) is 4. The van der Waals surface area contributed by atoms with Crippen LogP contribution in [0, 0.1) is 0 Å². The first kappa shape index (κ1) is 14.3. The minimum atomic E-state index is 0.